The lowest BCUT2D eigenvalue weighted by Crippen LogP contribution is -1.97. The van der Waals surface area contributed by atoms with Gasteiger partial charge in [0.2, 0.25) is 0 Å². The first-order valence-electron chi connectivity index (χ1n) is 20.5. The molecule has 11 rings (SSSR count). The van der Waals surface area contributed by atoms with Crippen molar-refractivity contribution in [2.45, 2.75) is 13.8 Å². The van der Waals surface area contributed by atoms with Crippen LogP contribution in [0, 0.1) is 25.2 Å². The number of rotatable bonds is 6. The van der Waals surface area contributed by atoms with Crippen LogP contribution in [0.25, 0.3) is 99.5 Å². The molecule has 0 saturated heterocycles. The molecule has 0 aliphatic heterocycles. The first kappa shape index (κ1) is 35.2. The second kappa shape index (κ2) is 14.2. The van der Waals surface area contributed by atoms with Gasteiger partial charge in [-0.05, 0) is 120 Å². The van der Waals surface area contributed by atoms with Gasteiger partial charge in [0.1, 0.15) is 0 Å². The highest BCUT2D eigenvalue weighted by molar-refractivity contribution is 6.11. The first-order valence-corrected chi connectivity index (χ1v) is 20.5. The first-order chi connectivity index (χ1) is 29.6. The predicted octanol–water partition coefficient (Wildman–Crippen LogP) is 15.0. The molecule has 282 valence electrons. The van der Waals surface area contributed by atoms with Crippen molar-refractivity contribution >= 4 is 43.6 Å². The zero-order valence-electron chi connectivity index (χ0n) is 33.4. The number of aromatic nitrogens is 2. The molecule has 0 saturated carbocycles. The van der Waals surface area contributed by atoms with Gasteiger partial charge >= 0.3 is 0 Å². The zero-order chi connectivity index (χ0) is 40.3. The van der Waals surface area contributed by atoms with Gasteiger partial charge in [0.05, 0.1) is 33.7 Å². The number of hydrogen-bond donors (Lipinski definition) is 0. The molecule has 3 heteroatoms. The molecular weight excluding hydrogens is 727 g/mol. The Kier molecular flexibility index (Phi) is 8.32. The van der Waals surface area contributed by atoms with Gasteiger partial charge in [-0.15, -0.1) is 0 Å². The maximum Gasteiger partial charge on any atom is 0.0998 e. The smallest absolute Gasteiger partial charge is 0.0998 e. The van der Waals surface area contributed by atoms with Gasteiger partial charge in [-0.2, -0.15) is 5.26 Å². The van der Waals surface area contributed by atoms with E-state index in [0.717, 1.165) is 55.9 Å². The van der Waals surface area contributed by atoms with Gasteiger partial charge in [-0.3, -0.25) is 0 Å². The Morgan fingerprint density at radius 3 is 1.37 bits per heavy atom. The summed E-state index contributed by atoms with van der Waals surface area (Å²) in [7, 11) is 0. The average Bonchev–Trinajstić information content (AvgIpc) is 3.81. The van der Waals surface area contributed by atoms with Crippen LogP contribution in [-0.2, 0) is 0 Å². The summed E-state index contributed by atoms with van der Waals surface area (Å²) in [6.07, 6.45) is 0. The summed E-state index contributed by atoms with van der Waals surface area (Å²) in [5.41, 5.74) is 18.7. The minimum absolute atomic E-state index is 0.651. The number of fused-ring (bicyclic) bond motifs is 6. The molecule has 11 aromatic rings. The monoisotopic (exact) mass is 765 g/mol. The quantitative estimate of drug-likeness (QED) is 0.166. The molecule has 3 nitrogen and oxygen atoms in total. The van der Waals surface area contributed by atoms with Crippen LogP contribution in [0.4, 0.5) is 0 Å². The summed E-state index contributed by atoms with van der Waals surface area (Å²) in [5, 5.41) is 15.5. The molecule has 0 amide bonds. The lowest BCUT2D eigenvalue weighted by atomic mass is 9.84. The fraction of sp³-hybridized carbons (Fsp3) is 0.0351. The fourth-order valence-corrected chi connectivity index (χ4v) is 9.41. The lowest BCUT2D eigenvalue weighted by Gasteiger charge is -2.20. The predicted molar refractivity (Wildman–Crippen MR) is 251 cm³/mol. The molecule has 0 fully saturated rings. The molecule has 0 unspecified atom stereocenters. The van der Waals surface area contributed by atoms with E-state index in [-0.39, 0.29) is 0 Å². The van der Waals surface area contributed by atoms with E-state index in [0.29, 0.717) is 5.56 Å². The van der Waals surface area contributed by atoms with Crippen molar-refractivity contribution < 1.29 is 0 Å². The third kappa shape index (κ3) is 5.65. The molecule has 2 aromatic heterocycles. The topological polar surface area (TPSA) is 33.6 Å². The van der Waals surface area contributed by atoms with Crippen molar-refractivity contribution in [3.63, 3.8) is 0 Å². The van der Waals surface area contributed by atoms with Crippen molar-refractivity contribution in [2.24, 2.45) is 0 Å². The van der Waals surface area contributed by atoms with Crippen molar-refractivity contribution in [2.75, 3.05) is 0 Å². The summed E-state index contributed by atoms with van der Waals surface area (Å²) in [5.74, 6) is 0. The van der Waals surface area contributed by atoms with Crippen molar-refractivity contribution in [1.29, 1.82) is 5.26 Å². The highest BCUT2D eigenvalue weighted by atomic mass is 15.0. The molecule has 0 spiro atoms. The Labute approximate surface area is 349 Å². The van der Waals surface area contributed by atoms with Gasteiger partial charge in [0.15, 0.2) is 0 Å². The zero-order valence-corrected chi connectivity index (χ0v) is 33.4. The van der Waals surface area contributed by atoms with Crippen LogP contribution in [0.1, 0.15) is 16.7 Å². The SMILES string of the molecule is Cc1ccc2c(c1)c1ccccc1n2-c1ccc(-c2cccc(-c3cccc(C#N)c3-c3ccccc3)c2-c2ccc(-n3c4ccccc4c4cc(C)ccc43)cc2)cc1. The minimum atomic E-state index is 0.651. The van der Waals surface area contributed by atoms with Crippen LogP contribution in [0.3, 0.4) is 0 Å². The van der Waals surface area contributed by atoms with Crippen molar-refractivity contribution in [3.05, 3.63) is 217 Å². The average molecular weight is 766 g/mol. The van der Waals surface area contributed by atoms with Crippen LogP contribution < -0.4 is 0 Å². The van der Waals surface area contributed by atoms with E-state index in [4.69, 9.17) is 0 Å². The Morgan fingerprint density at radius 2 is 0.800 bits per heavy atom. The molecule has 0 N–H and O–H groups in total. The van der Waals surface area contributed by atoms with Gasteiger partial charge < -0.3 is 9.13 Å². The third-order valence-corrected chi connectivity index (χ3v) is 12.1. The van der Waals surface area contributed by atoms with E-state index in [9.17, 15) is 5.26 Å². The van der Waals surface area contributed by atoms with Crippen LogP contribution >= 0.6 is 0 Å². The molecule has 0 aliphatic carbocycles. The highest BCUT2D eigenvalue weighted by Crippen LogP contribution is 2.45. The Balaban J connectivity index is 1.11. The summed E-state index contributed by atoms with van der Waals surface area (Å²) in [4.78, 5) is 0. The van der Waals surface area contributed by atoms with Crippen LogP contribution in [0.5, 0.6) is 0 Å². The van der Waals surface area contributed by atoms with E-state index < -0.39 is 0 Å². The molecule has 0 aliphatic rings. The molecule has 60 heavy (non-hydrogen) atoms. The molecule has 0 radical (unpaired) electrons. The van der Waals surface area contributed by atoms with Crippen molar-refractivity contribution in [3.8, 4) is 62.0 Å². The number of aryl methyl sites for hydroxylation is 2. The largest absolute Gasteiger partial charge is 0.309 e. The summed E-state index contributed by atoms with van der Waals surface area (Å²) in [6.45, 7) is 4.31. The molecule has 2 heterocycles. The summed E-state index contributed by atoms with van der Waals surface area (Å²) < 4.78 is 4.75. The number of hydrogen-bond acceptors (Lipinski definition) is 1. The molecular formula is C57H39N3. The lowest BCUT2D eigenvalue weighted by molar-refractivity contribution is 1.18. The molecule has 9 aromatic carbocycles. The number of benzene rings is 9. The minimum Gasteiger partial charge on any atom is -0.309 e. The van der Waals surface area contributed by atoms with Crippen molar-refractivity contribution in [1.82, 2.24) is 9.13 Å². The standard InChI is InChI=1S/C57H39N3/c1-37-22-32-54-50(34-37)46-15-6-8-20-52(46)59(54)43-28-24-39(25-29-43)45-17-11-19-49(48-18-10-14-42(36-58)56(48)40-12-4-3-5-13-40)57(45)41-26-30-44(31-27-41)60-53-21-9-7-16-47(53)51-35-38(2)23-33-55(51)60/h3-35H,1-2H3. The maximum atomic E-state index is 10.5. The Bertz CT molecular complexity index is 3490. The van der Waals surface area contributed by atoms with Gasteiger partial charge in [0, 0.05) is 38.5 Å². The molecule has 0 bridgehead atoms. The number of para-hydroxylation sites is 2. The Hall–Kier alpha value is -7.93. The second-order valence-electron chi connectivity index (χ2n) is 15.8. The van der Waals surface area contributed by atoms with E-state index >= 15 is 0 Å². The van der Waals surface area contributed by atoms with Crippen LogP contribution in [-0.4, -0.2) is 9.13 Å². The normalized spacial score (nSPS) is 11.5. The van der Waals surface area contributed by atoms with E-state index in [1.807, 2.05) is 30.3 Å². The van der Waals surface area contributed by atoms with E-state index in [1.165, 1.54) is 54.7 Å². The van der Waals surface area contributed by atoms with Gasteiger partial charge in [-0.25, -0.2) is 0 Å². The second-order valence-corrected chi connectivity index (χ2v) is 15.8. The maximum absolute atomic E-state index is 10.5. The summed E-state index contributed by atoms with van der Waals surface area (Å²) >= 11 is 0. The Morgan fingerprint density at radius 1 is 0.350 bits per heavy atom. The fourth-order valence-electron chi connectivity index (χ4n) is 9.41. The van der Waals surface area contributed by atoms with E-state index in [1.54, 1.807) is 0 Å². The van der Waals surface area contributed by atoms with Gasteiger partial charge in [-0.1, -0.05) is 145 Å². The van der Waals surface area contributed by atoms with Crippen LogP contribution in [0.2, 0.25) is 0 Å². The number of nitriles is 1. The number of nitrogens with zero attached hydrogens (tertiary/aromatic N) is 3. The summed E-state index contributed by atoms with van der Waals surface area (Å²) in [6, 6.07) is 74.3. The highest BCUT2D eigenvalue weighted by Gasteiger charge is 2.21. The third-order valence-electron chi connectivity index (χ3n) is 12.1. The van der Waals surface area contributed by atoms with Gasteiger partial charge in [0.25, 0.3) is 0 Å². The van der Waals surface area contributed by atoms with E-state index in [2.05, 4.69) is 199 Å². The van der Waals surface area contributed by atoms with Crippen LogP contribution in [0.15, 0.2) is 200 Å². The molecule has 0 atom stereocenters.